The van der Waals surface area contributed by atoms with E-state index < -0.39 is 18.0 Å². The third kappa shape index (κ3) is 10.7. The van der Waals surface area contributed by atoms with Gasteiger partial charge in [0.1, 0.15) is 0 Å². The molecule has 0 saturated heterocycles. The molecular weight excluding hydrogens is 396 g/mol. The molecule has 0 spiro atoms. The molecule has 0 fully saturated rings. The standard InChI is InChI=1S/C16H28N2O4.C4H4O4/c1-5-12(6-2)22-14-9-11(16(20)21-7-3)8-13(17)15(14)18-10(4)19;5-3(6)1-2-4(7)8/h9,12-15H,5-8,17H2,1-4H3,(H,18,19);1-2H,(H,5,6)(H,7,8)/b;2-1+/t13-,14+,15+;/m0./s1. The van der Waals surface area contributed by atoms with Crippen LogP contribution in [0.25, 0.3) is 0 Å². The molecule has 0 radical (unpaired) electrons. The van der Waals surface area contributed by atoms with Gasteiger partial charge in [0.2, 0.25) is 5.91 Å². The number of amides is 1. The molecule has 0 aromatic heterocycles. The Morgan fingerprint density at radius 2 is 1.70 bits per heavy atom. The van der Waals surface area contributed by atoms with E-state index in [4.69, 9.17) is 25.4 Å². The minimum absolute atomic E-state index is 0.0613. The minimum Gasteiger partial charge on any atom is -0.478 e. The predicted molar refractivity (Wildman–Crippen MR) is 109 cm³/mol. The molecule has 0 heterocycles. The van der Waals surface area contributed by atoms with Gasteiger partial charge in [-0.05, 0) is 32.3 Å². The van der Waals surface area contributed by atoms with Crippen LogP contribution in [0, 0.1) is 0 Å². The van der Waals surface area contributed by atoms with Crippen LogP contribution in [-0.2, 0) is 28.7 Å². The number of aliphatic carboxylic acids is 2. The van der Waals surface area contributed by atoms with E-state index in [0.717, 1.165) is 12.8 Å². The molecule has 170 valence electrons. The smallest absolute Gasteiger partial charge is 0.333 e. The van der Waals surface area contributed by atoms with E-state index in [1.165, 1.54) is 6.92 Å². The first-order chi connectivity index (χ1) is 14.0. The number of nitrogens with one attached hydrogen (secondary N) is 1. The van der Waals surface area contributed by atoms with Crippen LogP contribution in [0.2, 0.25) is 0 Å². The molecule has 1 amide bonds. The van der Waals surface area contributed by atoms with Crippen LogP contribution >= 0.6 is 0 Å². The zero-order valence-electron chi connectivity index (χ0n) is 17.8. The first kappa shape index (κ1) is 27.3. The topological polar surface area (TPSA) is 165 Å². The molecule has 1 aliphatic carbocycles. The van der Waals surface area contributed by atoms with Crippen molar-refractivity contribution in [2.24, 2.45) is 5.73 Å². The molecule has 0 unspecified atom stereocenters. The minimum atomic E-state index is -1.26. The largest absolute Gasteiger partial charge is 0.478 e. The third-order valence-corrected chi connectivity index (χ3v) is 4.17. The molecule has 0 bridgehead atoms. The summed E-state index contributed by atoms with van der Waals surface area (Å²) in [5.74, 6) is -3.04. The monoisotopic (exact) mass is 428 g/mol. The van der Waals surface area contributed by atoms with Crippen molar-refractivity contribution in [1.29, 1.82) is 0 Å². The van der Waals surface area contributed by atoms with Gasteiger partial charge in [-0.2, -0.15) is 0 Å². The molecule has 1 aliphatic rings. The number of carbonyl (C=O) groups excluding carboxylic acids is 2. The molecule has 1 rings (SSSR count). The van der Waals surface area contributed by atoms with E-state index in [1.54, 1.807) is 13.0 Å². The quantitative estimate of drug-likeness (QED) is 0.309. The van der Waals surface area contributed by atoms with E-state index in [2.05, 4.69) is 5.32 Å². The van der Waals surface area contributed by atoms with Crippen LogP contribution in [-0.4, -0.2) is 64.9 Å². The van der Waals surface area contributed by atoms with E-state index in [1.807, 2.05) is 13.8 Å². The lowest BCUT2D eigenvalue weighted by Crippen LogP contribution is -2.57. The number of carboxylic acids is 2. The highest BCUT2D eigenvalue weighted by Gasteiger charge is 2.35. The van der Waals surface area contributed by atoms with Crippen LogP contribution < -0.4 is 11.1 Å². The Morgan fingerprint density at radius 1 is 1.17 bits per heavy atom. The Kier molecular flexibility index (Phi) is 13.0. The van der Waals surface area contributed by atoms with Crippen LogP contribution in [0.4, 0.5) is 0 Å². The summed E-state index contributed by atoms with van der Waals surface area (Å²) in [4.78, 5) is 42.5. The zero-order valence-corrected chi connectivity index (χ0v) is 17.8. The van der Waals surface area contributed by atoms with Gasteiger partial charge in [-0.15, -0.1) is 0 Å². The van der Waals surface area contributed by atoms with Crippen molar-refractivity contribution < 1.29 is 38.9 Å². The van der Waals surface area contributed by atoms with Crippen molar-refractivity contribution in [3.8, 4) is 0 Å². The third-order valence-electron chi connectivity index (χ3n) is 4.17. The second-order valence-electron chi connectivity index (χ2n) is 6.56. The fourth-order valence-electron chi connectivity index (χ4n) is 2.76. The van der Waals surface area contributed by atoms with Gasteiger partial charge in [0.25, 0.3) is 0 Å². The maximum absolute atomic E-state index is 12.0. The lowest BCUT2D eigenvalue weighted by molar-refractivity contribution is -0.139. The number of rotatable bonds is 9. The summed E-state index contributed by atoms with van der Waals surface area (Å²) < 4.78 is 11.1. The molecule has 0 aliphatic heterocycles. The average Bonchev–Trinajstić information content (AvgIpc) is 2.67. The number of ether oxygens (including phenoxy) is 2. The summed E-state index contributed by atoms with van der Waals surface area (Å²) >= 11 is 0. The summed E-state index contributed by atoms with van der Waals surface area (Å²) in [5, 5.41) is 18.5. The number of hydrogen-bond donors (Lipinski definition) is 4. The Labute approximate surface area is 176 Å². The second-order valence-corrected chi connectivity index (χ2v) is 6.56. The Hall–Kier alpha value is -2.72. The summed E-state index contributed by atoms with van der Waals surface area (Å²) in [5.41, 5.74) is 6.68. The van der Waals surface area contributed by atoms with E-state index >= 15 is 0 Å². The number of hydrogen-bond acceptors (Lipinski definition) is 7. The summed E-state index contributed by atoms with van der Waals surface area (Å²) in [7, 11) is 0. The van der Waals surface area contributed by atoms with Crippen molar-refractivity contribution in [1.82, 2.24) is 5.32 Å². The molecule has 10 nitrogen and oxygen atoms in total. The highest BCUT2D eigenvalue weighted by atomic mass is 16.5. The Morgan fingerprint density at radius 3 is 2.10 bits per heavy atom. The van der Waals surface area contributed by atoms with Crippen molar-refractivity contribution in [3.63, 3.8) is 0 Å². The van der Waals surface area contributed by atoms with Gasteiger partial charge < -0.3 is 30.7 Å². The maximum Gasteiger partial charge on any atom is 0.333 e. The molecule has 5 N–H and O–H groups in total. The Balaban J connectivity index is 0.000000890. The van der Waals surface area contributed by atoms with Gasteiger partial charge in [-0.3, -0.25) is 4.79 Å². The highest BCUT2D eigenvalue weighted by Crippen LogP contribution is 2.24. The first-order valence-corrected chi connectivity index (χ1v) is 9.75. The van der Waals surface area contributed by atoms with Gasteiger partial charge in [-0.1, -0.05) is 13.8 Å². The van der Waals surface area contributed by atoms with Gasteiger partial charge >= 0.3 is 17.9 Å². The lowest BCUT2D eigenvalue weighted by Gasteiger charge is -2.36. The predicted octanol–water partition coefficient (Wildman–Crippen LogP) is 0.997. The van der Waals surface area contributed by atoms with Crippen molar-refractivity contribution >= 4 is 23.8 Å². The molecule has 0 saturated carbocycles. The fourth-order valence-corrected chi connectivity index (χ4v) is 2.76. The molecular formula is C20H32N2O8. The normalized spacial score (nSPS) is 20.7. The van der Waals surface area contributed by atoms with E-state index in [9.17, 15) is 19.2 Å². The SMILES string of the molecule is CCOC(=O)C1=C[C@@H](OC(CC)CC)[C@H](NC(C)=O)[C@@H](N)C1.O=C(O)/C=C/C(=O)O. The number of nitrogens with two attached hydrogens (primary N) is 1. The average molecular weight is 428 g/mol. The highest BCUT2D eigenvalue weighted by molar-refractivity contribution is 5.90. The number of carbonyl (C=O) groups is 4. The van der Waals surface area contributed by atoms with Crippen LogP contribution in [0.3, 0.4) is 0 Å². The van der Waals surface area contributed by atoms with Crippen LogP contribution in [0.1, 0.15) is 47.0 Å². The molecule has 0 aromatic rings. The number of esters is 1. The zero-order chi connectivity index (χ0) is 23.3. The van der Waals surface area contributed by atoms with Crippen LogP contribution in [0.15, 0.2) is 23.8 Å². The van der Waals surface area contributed by atoms with Gasteiger partial charge in [0, 0.05) is 30.7 Å². The van der Waals surface area contributed by atoms with Gasteiger partial charge in [0.05, 0.1) is 24.9 Å². The lowest BCUT2D eigenvalue weighted by atomic mass is 9.88. The summed E-state index contributed by atoms with van der Waals surface area (Å²) in [6.07, 6.45) is 4.59. The summed E-state index contributed by atoms with van der Waals surface area (Å²) in [6.45, 7) is 7.62. The Bertz CT molecular complexity index is 639. The van der Waals surface area contributed by atoms with Gasteiger partial charge in [0.15, 0.2) is 0 Å². The molecule has 0 aromatic carbocycles. The molecule has 10 heteroatoms. The fraction of sp³-hybridized carbons (Fsp3) is 0.600. The van der Waals surface area contributed by atoms with Crippen molar-refractivity contribution in [2.45, 2.75) is 71.2 Å². The second kappa shape index (κ2) is 14.3. The maximum atomic E-state index is 12.0. The van der Waals surface area contributed by atoms with E-state index in [-0.39, 0.29) is 30.1 Å². The van der Waals surface area contributed by atoms with Crippen molar-refractivity contribution in [3.05, 3.63) is 23.8 Å². The van der Waals surface area contributed by atoms with Crippen molar-refractivity contribution in [2.75, 3.05) is 6.61 Å². The molecule has 30 heavy (non-hydrogen) atoms. The van der Waals surface area contributed by atoms with E-state index in [0.29, 0.717) is 30.8 Å². The van der Waals surface area contributed by atoms with Crippen LogP contribution in [0.5, 0.6) is 0 Å². The number of carboxylic acid groups (broad SMARTS) is 2. The first-order valence-electron chi connectivity index (χ1n) is 9.75. The van der Waals surface area contributed by atoms with Gasteiger partial charge in [-0.25, -0.2) is 14.4 Å². The summed E-state index contributed by atoms with van der Waals surface area (Å²) in [6, 6.07) is -0.719. The molecule has 3 atom stereocenters.